The number of rotatable bonds is 8. The third-order valence-electron chi connectivity index (χ3n) is 6.94. The van der Waals surface area contributed by atoms with Gasteiger partial charge in [-0.15, -0.1) is 6.42 Å². The number of fused-ring (bicyclic) bond motifs is 1. The number of aromatic carboxylic acids is 1. The molecule has 0 amide bonds. The number of carboxylic acids is 1. The molecule has 4 aromatic rings. The number of aryl methyl sites for hydroxylation is 1. The summed E-state index contributed by atoms with van der Waals surface area (Å²) >= 11 is 0. The molecule has 0 aliphatic rings. The second kappa shape index (κ2) is 12.6. The van der Waals surface area contributed by atoms with E-state index in [4.69, 9.17) is 11.2 Å². The number of benzene rings is 3. The Labute approximate surface area is 257 Å². The Balaban J connectivity index is 1.84. The van der Waals surface area contributed by atoms with Crippen molar-refractivity contribution in [2.24, 2.45) is 5.41 Å². The molecule has 0 atom stereocenters. The van der Waals surface area contributed by atoms with E-state index in [1.807, 2.05) is 0 Å². The van der Waals surface area contributed by atoms with Crippen molar-refractivity contribution in [2.75, 3.05) is 11.4 Å². The Morgan fingerprint density at radius 2 is 1.59 bits per heavy atom. The zero-order chi connectivity index (χ0) is 34.2. The first-order valence-corrected chi connectivity index (χ1v) is 13.4. The normalized spacial score (nSPS) is 11.4. The maximum Gasteiger partial charge on any atom is 0.337 e. The highest BCUT2D eigenvalue weighted by atomic mass is 19.2. The van der Waals surface area contributed by atoms with Gasteiger partial charge in [-0.25, -0.2) is 36.1 Å². The minimum atomic E-state index is -2.46. The molecule has 0 unspecified atom stereocenters. The highest BCUT2D eigenvalue weighted by Gasteiger charge is 2.31. The van der Waals surface area contributed by atoms with Crippen molar-refractivity contribution >= 4 is 28.5 Å². The van der Waals surface area contributed by atoms with Crippen molar-refractivity contribution < 1.29 is 45.8 Å². The Bertz CT molecular complexity index is 1980. The fourth-order valence-corrected chi connectivity index (χ4v) is 4.59. The third-order valence-corrected chi connectivity index (χ3v) is 6.94. The number of terminal acetylenes is 1. The summed E-state index contributed by atoms with van der Waals surface area (Å²) in [5.41, 5.74) is -5.18. The first-order valence-electron chi connectivity index (χ1n) is 13.4. The molecule has 1 heterocycles. The average molecular weight is 646 g/mol. The van der Waals surface area contributed by atoms with E-state index in [1.54, 1.807) is 20.8 Å². The largest absolute Gasteiger partial charge is 0.478 e. The number of esters is 1. The Hall–Kier alpha value is -5.32. The topological polar surface area (TPSA) is 102 Å². The van der Waals surface area contributed by atoms with Crippen LogP contribution in [0.15, 0.2) is 35.1 Å². The van der Waals surface area contributed by atoms with E-state index in [9.17, 15) is 41.4 Å². The first kappa shape index (κ1) is 33.6. The fraction of sp³-hybridized carbons (Fsp3) is 0.250. The summed E-state index contributed by atoms with van der Waals surface area (Å²) in [4.78, 5) is 43.0. The average Bonchev–Trinajstić information content (AvgIpc) is 2.99. The molecule has 0 saturated carbocycles. The predicted octanol–water partition coefficient (Wildman–Crippen LogP) is 6.09. The summed E-state index contributed by atoms with van der Waals surface area (Å²) in [6, 6.07) is 5.62. The molecule has 0 bridgehead atoms. The molecule has 1 aromatic heterocycles. The predicted molar refractivity (Wildman–Crippen MR) is 155 cm³/mol. The lowest BCUT2D eigenvalue weighted by Gasteiger charge is -2.26. The van der Waals surface area contributed by atoms with Gasteiger partial charge in [0.25, 0.3) is 5.56 Å². The van der Waals surface area contributed by atoms with Crippen molar-refractivity contribution in [2.45, 2.75) is 41.0 Å². The van der Waals surface area contributed by atoms with Gasteiger partial charge in [-0.05, 0) is 51.5 Å². The van der Waals surface area contributed by atoms with Gasteiger partial charge in [-0.1, -0.05) is 18.1 Å². The number of halogens is 6. The van der Waals surface area contributed by atoms with Crippen molar-refractivity contribution in [1.82, 2.24) is 9.55 Å². The van der Waals surface area contributed by atoms with E-state index in [1.165, 1.54) is 25.1 Å². The highest BCUT2D eigenvalue weighted by Crippen LogP contribution is 2.38. The summed E-state index contributed by atoms with van der Waals surface area (Å²) in [6.07, 6.45) is 5.46. The van der Waals surface area contributed by atoms with Gasteiger partial charge in [0.15, 0.2) is 35.8 Å². The lowest BCUT2D eigenvalue weighted by atomic mass is 9.98. The summed E-state index contributed by atoms with van der Waals surface area (Å²) in [7, 11) is 0. The van der Waals surface area contributed by atoms with Crippen LogP contribution in [0, 0.1) is 59.6 Å². The van der Waals surface area contributed by atoms with Gasteiger partial charge in [0, 0.05) is 12.1 Å². The fourth-order valence-electron chi connectivity index (χ4n) is 4.59. The monoisotopic (exact) mass is 645 g/mol. The van der Waals surface area contributed by atoms with Crippen LogP contribution in [0.3, 0.4) is 0 Å². The van der Waals surface area contributed by atoms with Crippen LogP contribution in [-0.4, -0.2) is 33.1 Å². The molecule has 0 fully saturated rings. The van der Waals surface area contributed by atoms with Crippen LogP contribution < -0.4 is 10.5 Å². The number of carbonyl (C=O) groups is 2. The van der Waals surface area contributed by atoms with Gasteiger partial charge >= 0.3 is 11.9 Å². The van der Waals surface area contributed by atoms with Gasteiger partial charge < -0.3 is 14.7 Å². The number of nitrogens with zero attached hydrogens (tertiary/aromatic N) is 3. The van der Waals surface area contributed by atoms with Crippen molar-refractivity contribution in [3.8, 4) is 23.5 Å². The number of ether oxygens (including phenoxy) is 1. The van der Waals surface area contributed by atoms with E-state index in [2.05, 4.69) is 10.9 Å². The molecular weight excluding hydrogens is 620 g/mol. The molecule has 3 aromatic carbocycles. The maximum atomic E-state index is 16.1. The minimum absolute atomic E-state index is 0.0460. The maximum absolute atomic E-state index is 16.1. The second-order valence-electron chi connectivity index (χ2n) is 11.2. The molecule has 0 aliphatic carbocycles. The smallest absolute Gasteiger partial charge is 0.337 e. The lowest BCUT2D eigenvalue weighted by Crippen LogP contribution is -2.30. The molecule has 0 saturated heterocycles. The van der Waals surface area contributed by atoms with Crippen LogP contribution >= 0.6 is 0 Å². The van der Waals surface area contributed by atoms with Gasteiger partial charge in [0.2, 0.25) is 5.82 Å². The van der Waals surface area contributed by atoms with Crippen LogP contribution in [0.5, 0.6) is 0 Å². The molecule has 240 valence electrons. The SMILES string of the molecule is C#CCN(Cc1ccc2nc(C)n(COC(=O)C(C)(C)C)c(=O)c2c1)c1c(C(=O)O)ccc(-c2c(F)c(F)c(F)c(F)c2F)c1F. The van der Waals surface area contributed by atoms with Crippen molar-refractivity contribution in [3.63, 3.8) is 0 Å². The number of hydrogen-bond acceptors (Lipinski definition) is 6. The highest BCUT2D eigenvalue weighted by molar-refractivity contribution is 5.96. The van der Waals surface area contributed by atoms with Crippen LogP contribution in [-0.2, 0) is 22.8 Å². The molecular formula is C32H25F6N3O5. The van der Waals surface area contributed by atoms with Gasteiger partial charge in [-0.2, -0.15) is 0 Å². The standard InChI is InChI=1S/C32H25F6N3O5/c1-6-11-40(13-16-7-10-20-19(12-16)29(42)41(15(2)39-20)14-46-31(45)32(3,4)5)28-18(30(43)44)9-8-17(22(28)33)21-23(34)25(36)27(38)26(37)24(21)35/h1,7-10,12H,11,13-14H2,2-5H3,(H,43,44). The van der Waals surface area contributed by atoms with Crippen molar-refractivity contribution in [3.05, 3.63) is 92.5 Å². The van der Waals surface area contributed by atoms with E-state index in [0.717, 1.165) is 15.5 Å². The van der Waals surface area contributed by atoms with Crippen LogP contribution in [0.1, 0.15) is 42.5 Å². The number of carbonyl (C=O) groups excluding carboxylic acids is 1. The molecule has 0 radical (unpaired) electrons. The van der Waals surface area contributed by atoms with E-state index >= 15 is 4.39 Å². The van der Waals surface area contributed by atoms with Gasteiger partial charge in [-0.3, -0.25) is 14.2 Å². The van der Waals surface area contributed by atoms with Crippen LogP contribution in [0.4, 0.5) is 32.0 Å². The first-order chi connectivity index (χ1) is 21.5. The molecule has 8 nitrogen and oxygen atoms in total. The molecule has 14 heteroatoms. The van der Waals surface area contributed by atoms with Gasteiger partial charge in [0.05, 0.1) is 39.7 Å². The molecule has 4 rings (SSSR count). The van der Waals surface area contributed by atoms with E-state index in [0.29, 0.717) is 6.07 Å². The molecule has 46 heavy (non-hydrogen) atoms. The Kier molecular flexibility index (Phi) is 9.19. The number of anilines is 1. The van der Waals surface area contributed by atoms with Crippen molar-refractivity contribution in [1.29, 1.82) is 0 Å². The molecule has 0 spiro atoms. The zero-order valence-electron chi connectivity index (χ0n) is 24.8. The quantitative estimate of drug-likeness (QED) is 0.0814. The Morgan fingerprint density at radius 1 is 0.978 bits per heavy atom. The number of hydrogen-bond donors (Lipinski definition) is 1. The summed E-state index contributed by atoms with van der Waals surface area (Å²) in [5, 5.41) is 9.84. The summed E-state index contributed by atoms with van der Waals surface area (Å²) < 4.78 is 93.4. The van der Waals surface area contributed by atoms with Gasteiger partial charge in [0.1, 0.15) is 5.82 Å². The minimum Gasteiger partial charge on any atom is -0.478 e. The number of carboxylic acid groups (broad SMARTS) is 1. The molecule has 0 aliphatic heterocycles. The van der Waals surface area contributed by atoms with Crippen LogP contribution in [0.2, 0.25) is 0 Å². The second-order valence-corrected chi connectivity index (χ2v) is 11.2. The Morgan fingerprint density at radius 3 is 2.15 bits per heavy atom. The zero-order valence-corrected chi connectivity index (χ0v) is 24.8. The third kappa shape index (κ3) is 6.13. The van der Waals surface area contributed by atoms with E-state index < -0.39 is 93.5 Å². The number of aromatic nitrogens is 2. The lowest BCUT2D eigenvalue weighted by molar-refractivity contribution is -0.157. The molecule has 1 N–H and O–H groups in total. The van der Waals surface area contributed by atoms with Crippen LogP contribution in [0.25, 0.3) is 22.0 Å². The summed E-state index contributed by atoms with van der Waals surface area (Å²) in [5.74, 6) is -13.2. The van der Waals surface area contributed by atoms with E-state index in [-0.39, 0.29) is 28.8 Å². The summed E-state index contributed by atoms with van der Waals surface area (Å²) in [6.45, 7) is 5.12.